The molecule has 4 N–H and O–H groups in total. The molecule has 20 heavy (non-hydrogen) atoms. The maximum Gasteiger partial charge on any atom is 0.0634 e. The van der Waals surface area contributed by atoms with Crippen LogP contribution in [0.5, 0.6) is 0 Å². The third kappa shape index (κ3) is 3.73. The molecular weight excluding hydrogens is 244 g/mol. The Morgan fingerprint density at radius 3 is 2.45 bits per heavy atom. The van der Waals surface area contributed by atoms with Crippen molar-refractivity contribution in [3.05, 3.63) is 59.3 Å². The molecule has 1 aromatic rings. The van der Waals surface area contributed by atoms with Gasteiger partial charge in [-0.05, 0) is 36.5 Å². The molecular formula is C18H26N2. The monoisotopic (exact) mass is 270 g/mol. The molecule has 0 amide bonds. The lowest BCUT2D eigenvalue weighted by molar-refractivity contribution is 0.561. The summed E-state index contributed by atoms with van der Waals surface area (Å²) in [6.07, 6.45) is 13.1. The Labute approximate surface area is 122 Å². The van der Waals surface area contributed by atoms with Gasteiger partial charge in [0.2, 0.25) is 0 Å². The highest BCUT2D eigenvalue weighted by Gasteiger charge is 2.24. The number of aryl methyl sites for hydroxylation is 1. The van der Waals surface area contributed by atoms with Gasteiger partial charge in [-0.15, -0.1) is 0 Å². The Morgan fingerprint density at radius 2 is 1.85 bits per heavy atom. The van der Waals surface area contributed by atoms with Crippen molar-refractivity contribution in [3.63, 3.8) is 0 Å². The lowest BCUT2D eigenvalue weighted by atomic mass is 9.84. The zero-order chi connectivity index (χ0) is 14.4. The smallest absolute Gasteiger partial charge is 0.0634 e. The van der Waals surface area contributed by atoms with Crippen LogP contribution in [0.4, 0.5) is 0 Å². The molecule has 0 aromatic heterocycles. The molecule has 0 bridgehead atoms. The molecule has 1 aromatic carbocycles. The molecule has 0 saturated carbocycles. The minimum absolute atomic E-state index is 0.399. The number of benzene rings is 1. The van der Waals surface area contributed by atoms with E-state index in [4.69, 9.17) is 11.5 Å². The van der Waals surface area contributed by atoms with Crippen molar-refractivity contribution in [1.29, 1.82) is 0 Å². The van der Waals surface area contributed by atoms with Crippen LogP contribution < -0.4 is 11.5 Å². The molecule has 1 aliphatic carbocycles. The van der Waals surface area contributed by atoms with Crippen molar-refractivity contribution in [3.8, 4) is 0 Å². The number of nitrogens with two attached hydrogens (primary N) is 2. The van der Waals surface area contributed by atoms with E-state index in [1.54, 1.807) is 0 Å². The molecule has 0 saturated heterocycles. The SMILES string of the molecule is CCCCCCc1ccc(C2(N)C=CC(N)=CC2)cc1. The van der Waals surface area contributed by atoms with E-state index < -0.39 is 5.54 Å². The third-order valence-corrected chi connectivity index (χ3v) is 4.06. The minimum atomic E-state index is -0.399. The molecule has 0 radical (unpaired) electrons. The lowest BCUT2D eigenvalue weighted by Gasteiger charge is -2.28. The normalized spacial score (nSPS) is 21.8. The highest BCUT2D eigenvalue weighted by molar-refractivity contribution is 5.37. The van der Waals surface area contributed by atoms with Crippen LogP contribution in [0.15, 0.2) is 48.2 Å². The predicted molar refractivity (Wildman–Crippen MR) is 86.2 cm³/mol. The first-order valence-electron chi connectivity index (χ1n) is 7.67. The van der Waals surface area contributed by atoms with Crippen molar-refractivity contribution < 1.29 is 0 Å². The third-order valence-electron chi connectivity index (χ3n) is 4.06. The minimum Gasteiger partial charge on any atom is -0.399 e. The highest BCUT2D eigenvalue weighted by atomic mass is 14.7. The van der Waals surface area contributed by atoms with Crippen LogP contribution in [-0.4, -0.2) is 0 Å². The maximum absolute atomic E-state index is 6.45. The molecule has 2 rings (SSSR count). The summed E-state index contributed by atoms with van der Waals surface area (Å²) in [7, 11) is 0. The van der Waals surface area contributed by atoms with Crippen molar-refractivity contribution in [1.82, 2.24) is 0 Å². The quantitative estimate of drug-likeness (QED) is 0.773. The molecule has 0 spiro atoms. The summed E-state index contributed by atoms with van der Waals surface area (Å²) in [5.41, 5.74) is 15.2. The molecule has 1 aliphatic rings. The highest BCUT2D eigenvalue weighted by Crippen LogP contribution is 2.28. The Balaban J connectivity index is 1.96. The van der Waals surface area contributed by atoms with Gasteiger partial charge in [0, 0.05) is 5.70 Å². The summed E-state index contributed by atoms with van der Waals surface area (Å²) >= 11 is 0. The Kier molecular flexibility index (Phi) is 5.02. The van der Waals surface area contributed by atoms with Crippen LogP contribution in [0.25, 0.3) is 0 Å². The van der Waals surface area contributed by atoms with Crippen LogP contribution >= 0.6 is 0 Å². The van der Waals surface area contributed by atoms with Gasteiger partial charge in [0.1, 0.15) is 0 Å². The summed E-state index contributed by atoms with van der Waals surface area (Å²) in [6, 6.07) is 8.75. The average molecular weight is 270 g/mol. The summed E-state index contributed by atoms with van der Waals surface area (Å²) in [5, 5.41) is 0. The van der Waals surface area contributed by atoms with Gasteiger partial charge in [-0.25, -0.2) is 0 Å². The fraction of sp³-hybridized carbons (Fsp3) is 0.444. The fourth-order valence-corrected chi connectivity index (χ4v) is 2.62. The number of hydrogen-bond donors (Lipinski definition) is 2. The van der Waals surface area contributed by atoms with Crippen LogP contribution in [0.1, 0.15) is 50.2 Å². The lowest BCUT2D eigenvalue weighted by Crippen LogP contribution is -2.35. The van der Waals surface area contributed by atoms with E-state index in [2.05, 4.69) is 31.2 Å². The summed E-state index contributed by atoms with van der Waals surface area (Å²) < 4.78 is 0. The number of unbranched alkanes of at least 4 members (excludes halogenated alkanes) is 3. The van der Waals surface area contributed by atoms with Gasteiger partial charge in [0.15, 0.2) is 0 Å². The van der Waals surface area contributed by atoms with E-state index in [9.17, 15) is 0 Å². The summed E-state index contributed by atoms with van der Waals surface area (Å²) in [6.45, 7) is 2.24. The molecule has 0 aliphatic heterocycles. The van der Waals surface area contributed by atoms with Gasteiger partial charge >= 0.3 is 0 Å². The predicted octanol–water partition coefficient (Wildman–Crippen LogP) is 3.77. The molecule has 1 atom stereocenters. The number of rotatable bonds is 6. The van der Waals surface area contributed by atoms with Crippen LogP contribution in [0.2, 0.25) is 0 Å². The second-order valence-electron chi connectivity index (χ2n) is 5.79. The first-order chi connectivity index (χ1) is 9.64. The second kappa shape index (κ2) is 6.76. The Morgan fingerprint density at radius 1 is 1.10 bits per heavy atom. The van der Waals surface area contributed by atoms with Crippen LogP contribution in [0.3, 0.4) is 0 Å². The molecule has 1 unspecified atom stereocenters. The number of allylic oxidation sites excluding steroid dienone is 1. The maximum atomic E-state index is 6.45. The largest absolute Gasteiger partial charge is 0.399 e. The van der Waals surface area contributed by atoms with E-state index >= 15 is 0 Å². The van der Waals surface area contributed by atoms with Crippen molar-refractivity contribution in [2.45, 2.75) is 51.0 Å². The van der Waals surface area contributed by atoms with E-state index in [0.29, 0.717) is 0 Å². The van der Waals surface area contributed by atoms with Crippen molar-refractivity contribution in [2.24, 2.45) is 11.5 Å². The zero-order valence-corrected chi connectivity index (χ0v) is 12.4. The average Bonchev–Trinajstić information content (AvgIpc) is 2.48. The van der Waals surface area contributed by atoms with E-state index in [1.807, 2.05) is 18.2 Å². The zero-order valence-electron chi connectivity index (χ0n) is 12.4. The van der Waals surface area contributed by atoms with E-state index in [-0.39, 0.29) is 0 Å². The molecule has 2 heteroatoms. The van der Waals surface area contributed by atoms with Crippen LogP contribution in [-0.2, 0) is 12.0 Å². The molecule has 2 nitrogen and oxygen atoms in total. The van der Waals surface area contributed by atoms with Gasteiger partial charge in [-0.1, -0.05) is 62.6 Å². The van der Waals surface area contributed by atoms with Gasteiger partial charge in [0.05, 0.1) is 5.54 Å². The second-order valence-corrected chi connectivity index (χ2v) is 5.79. The summed E-state index contributed by atoms with van der Waals surface area (Å²) in [4.78, 5) is 0. The molecule has 108 valence electrons. The van der Waals surface area contributed by atoms with E-state index in [0.717, 1.165) is 17.7 Å². The topological polar surface area (TPSA) is 52.0 Å². The first kappa shape index (κ1) is 14.9. The van der Waals surface area contributed by atoms with E-state index in [1.165, 1.54) is 37.7 Å². The van der Waals surface area contributed by atoms with Gasteiger partial charge in [-0.3, -0.25) is 0 Å². The first-order valence-corrected chi connectivity index (χ1v) is 7.67. The van der Waals surface area contributed by atoms with Crippen molar-refractivity contribution >= 4 is 0 Å². The standard InChI is InChI=1S/C18H26N2/c1-2-3-4-5-6-15-7-9-16(10-8-15)18(20)13-11-17(19)12-14-18/h7-13H,2-6,14,19-20H2,1H3. The summed E-state index contributed by atoms with van der Waals surface area (Å²) in [5.74, 6) is 0. The molecule has 0 heterocycles. The van der Waals surface area contributed by atoms with Gasteiger partial charge in [-0.2, -0.15) is 0 Å². The number of hydrogen-bond acceptors (Lipinski definition) is 2. The Bertz CT molecular complexity index is 485. The van der Waals surface area contributed by atoms with Gasteiger partial charge < -0.3 is 11.5 Å². The van der Waals surface area contributed by atoms with Crippen LogP contribution in [0, 0.1) is 0 Å². The fourth-order valence-electron chi connectivity index (χ4n) is 2.62. The Hall–Kier alpha value is -1.54. The van der Waals surface area contributed by atoms with Crippen molar-refractivity contribution in [2.75, 3.05) is 0 Å². The molecule has 0 fully saturated rings. The van der Waals surface area contributed by atoms with Gasteiger partial charge in [0.25, 0.3) is 0 Å².